The molecule has 0 saturated heterocycles. The van der Waals surface area contributed by atoms with Gasteiger partial charge in [-0.05, 0) is 25.1 Å². The number of hydrogen-bond donors (Lipinski definition) is 0. The highest BCUT2D eigenvalue weighted by atomic mass is 32.1. The van der Waals surface area contributed by atoms with Gasteiger partial charge in [0.1, 0.15) is 5.01 Å². The average molecular weight is 313 g/mol. The molecule has 0 radical (unpaired) electrons. The molecule has 7 heteroatoms. The zero-order chi connectivity index (χ0) is 15.6. The van der Waals surface area contributed by atoms with E-state index in [1.807, 2.05) is 0 Å². The SMILES string of the molecule is COc1ccc(-c2nc(C)c(C(C)=O)s2)cc1OC(F)F. The van der Waals surface area contributed by atoms with E-state index in [0.29, 0.717) is 21.1 Å². The van der Waals surface area contributed by atoms with E-state index in [0.717, 1.165) is 0 Å². The van der Waals surface area contributed by atoms with Crippen molar-refractivity contribution < 1.29 is 23.0 Å². The number of nitrogens with zero attached hydrogens (tertiary/aromatic N) is 1. The third-order valence-electron chi connectivity index (χ3n) is 2.74. The van der Waals surface area contributed by atoms with E-state index >= 15 is 0 Å². The monoisotopic (exact) mass is 313 g/mol. The van der Waals surface area contributed by atoms with Crippen molar-refractivity contribution in [2.24, 2.45) is 0 Å². The second-order valence-corrected chi connectivity index (χ2v) is 5.23. The Morgan fingerprint density at radius 3 is 2.57 bits per heavy atom. The van der Waals surface area contributed by atoms with Gasteiger partial charge in [0, 0.05) is 12.5 Å². The van der Waals surface area contributed by atoms with Gasteiger partial charge in [0.2, 0.25) is 0 Å². The number of aryl methyl sites for hydroxylation is 1. The molecule has 0 amide bonds. The fourth-order valence-electron chi connectivity index (χ4n) is 1.84. The van der Waals surface area contributed by atoms with Crippen LogP contribution in [0, 0.1) is 6.92 Å². The first-order chi connectivity index (χ1) is 9.92. The lowest BCUT2D eigenvalue weighted by Gasteiger charge is -2.10. The van der Waals surface area contributed by atoms with Gasteiger partial charge >= 0.3 is 6.61 Å². The first-order valence-electron chi connectivity index (χ1n) is 6.04. The second-order valence-electron chi connectivity index (χ2n) is 4.23. The van der Waals surface area contributed by atoms with E-state index in [1.54, 1.807) is 13.0 Å². The van der Waals surface area contributed by atoms with Gasteiger partial charge in [0.05, 0.1) is 17.7 Å². The Labute approximate surface area is 124 Å². The fraction of sp³-hybridized carbons (Fsp3) is 0.286. The Morgan fingerprint density at radius 1 is 1.33 bits per heavy atom. The van der Waals surface area contributed by atoms with Crippen LogP contribution in [-0.4, -0.2) is 24.5 Å². The lowest BCUT2D eigenvalue weighted by Crippen LogP contribution is -2.03. The number of carbonyl (C=O) groups excluding carboxylic acids is 1. The largest absolute Gasteiger partial charge is 0.493 e. The van der Waals surface area contributed by atoms with Crippen molar-refractivity contribution in [3.8, 4) is 22.1 Å². The van der Waals surface area contributed by atoms with Crippen LogP contribution in [0.2, 0.25) is 0 Å². The predicted molar refractivity (Wildman–Crippen MR) is 75.5 cm³/mol. The van der Waals surface area contributed by atoms with Crippen LogP contribution >= 0.6 is 11.3 Å². The third-order valence-corrected chi connectivity index (χ3v) is 4.05. The molecule has 4 nitrogen and oxygen atoms in total. The topological polar surface area (TPSA) is 48.4 Å². The summed E-state index contributed by atoms with van der Waals surface area (Å²) in [6, 6.07) is 4.63. The Kier molecular flexibility index (Phi) is 4.52. The standard InChI is InChI=1S/C14H13F2NO3S/c1-7-12(8(2)18)21-13(17-7)9-4-5-10(19-3)11(6-9)20-14(15)16/h4-6,14H,1-3H3. The number of hydrogen-bond acceptors (Lipinski definition) is 5. The smallest absolute Gasteiger partial charge is 0.387 e. The Bertz CT molecular complexity index is 670. The maximum absolute atomic E-state index is 12.4. The third kappa shape index (κ3) is 3.36. The second kappa shape index (κ2) is 6.17. The first kappa shape index (κ1) is 15.4. The number of carbonyl (C=O) groups is 1. The molecule has 1 aromatic carbocycles. The molecule has 0 atom stereocenters. The minimum atomic E-state index is -2.94. The Morgan fingerprint density at radius 2 is 2.05 bits per heavy atom. The van der Waals surface area contributed by atoms with Crippen molar-refractivity contribution in [3.05, 3.63) is 28.8 Å². The number of methoxy groups -OCH3 is 1. The number of thiazole rings is 1. The molecule has 0 N–H and O–H groups in total. The molecule has 0 spiro atoms. The summed E-state index contributed by atoms with van der Waals surface area (Å²) < 4.78 is 34.2. The minimum Gasteiger partial charge on any atom is -0.493 e. The Hall–Kier alpha value is -2.02. The van der Waals surface area contributed by atoms with Crippen molar-refractivity contribution in [1.82, 2.24) is 4.98 Å². The number of alkyl halides is 2. The van der Waals surface area contributed by atoms with Crippen molar-refractivity contribution in [1.29, 1.82) is 0 Å². The summed E-state index contributed by atoms with van der Waals surface area (Å²) in [5.74, 6) is 0.0650. The number of Topliss-reactive ketones (excluding diaryl/α,β-unsaturated/α-hetero) is 1. The Balaban J connectivity index is 2.44. The first-order valence-corrected chi connectivity index (χ1v) is 6.85. The molecule has 0 saturated carbocycles. The van der Waals surface area contributed by atoms with E-state index in [1.165, 1.54) is 37.5 Å². The number of ketones is 1. The maximum atomic E-state index is 12.4. The summed E-state index contributed by atoms with van der Waals surface area (Å²) in [5.41, 5.74) is 1.21. The van der Waals surface area contributed by atoms with Gasteiger partial charge in [-0.1, -0.05) is 0 Å². The predicted octanol–water partition coefficient (Wildman–Crippen LogP) is 3.93. The minimum absolute atomic E-state index is 0.0674. The van der Waals surface area contributed by atoms with E-state index in [-0.39, 0.29) is 17.3 Å². The molecule has 1 aromatic heterocycles. The average Bonchev–Trinajstić information content (AvgIpc) is 2.80. The van der Waals surface area contributed by atoms with E-state index in [4.69, 9.17) is 4.74 Å². The summed E-state index contributed by atoms with van der Waals surface area (Å²) >= 11 is 1.22. The van der Waals surface area contributed by atoms with Gasteiger partial charge in [-0.15, -0.1) is 11.3 Å². The molecule has 1 heterocycles. The molecule has 0 aliphatic heterocycles. The molecule has 21 heavy (non-hydrogen) atoms. The van der Waals surface area contributed by atoms with Crippen molar-refractivity contribution in [2.45, 2.75) is 20.5 Å². The molecule has 0 unspecified atom stereocenters. The molecule has 0 aliphatic rings. The van der Waals surface area contributed by atoms with Crippen LogP contribution < -0.4 is 9.47 Å². The number of ether oxygens (including phenoxy) is 2. The van der Waals surface area contributed by atoms with Gasteiger partial charge in [-0.25, -0.2) is 4.98 Å². The normalized spacial score (nSPS) is 10.8. The van der Waals surface area contributed by atoms with Gasteiger partial charge in [0.15, 0.2) is 17.3 Å². The molecule has 2 rings (SSSR count). The molecule has 0 bridgehead atoms. The molecule has 0 aliphatic carbocycles. The van der Waals surface area contributed by atoms with Crippen LogP contribution in [0.15, 0.2) is 18.2 Å². The van der Waals surface area contributed by atoms with Gasteiger partial charge in [0.25, 0.3) is 0 Å². The summed E-state index contributed by atoms with van der Waals surface area (Å²) in [4.78, 5) is 16.3. The van der Waals surface area contributed by atoms with Crippen LogP contribution in [-0.2, 0) is 0 Å². The van der Waals surface area contributed by atoms with Crippen molar-refractivity contribution >= 4 is 17.1 Å². The zero-order valence-corrected chi connectivity index (χ0v) is 12.5. The highest BCUT2D eigenvalue weighted by molar-refractivity contribution is 7.17. The fourth-order valence-corrected chi connectivity index (χ4v) is 2.80. The quantitative estimate of drug-likeness (QED) is 0.785. The summed E-state index contributed by atoms with van der Waals surface area (Å²) in [7, 11) is 1.37. The summed E-state index contributed by atoms with van der Waals surface area (Å²) in [6.45, 7) is 0.250. The molecular weight excluding hydrogens is 300 g/mol. The maximum Gasteiger partial charge on any atom is 0.387 e. The lowest BCUT2D eigenvalue weighted by atomic mass is 10.2. The highest BCUT2D eigenvalue weighted by Crippen LogP contribution is 2.35. The number of halogens is 2. The zero-order valence-electron chi connectivity index (χ0n) is 11.6. The number of aromatic nitrogens is 1. The van der Waals surface area contributed by atoms with Gasteiger partial charge < -0.3 is 9.47 Å². The summed E-state index contributed by atoms with van der Waals surface area (Å²) in [5, 5.41) is 0.569. The van der Waals surface area contributed by atoms with Crippen LogP contribution in [0.5, 0.6) is 11.5 Å². The van der Waals surface area contributed by atoms with Crippen LogP contribution in [0.25, 0.3) is 10.6 Å². The van der Waals surface area contributed by atoms with E-state index in [9.17, 15) is 13.6 Å². The van der Waals surface area contributed by atoms with Crippen LogP contribution in [0.4, 0.5) is 8.78 Å². The molecule has 112 valence electrons. The molecular formula is C14H13F2NO3S. The van der Waals surface area contributed by atoms with E-state index < -0.39 is 6.61 Å². The highest BCUT2D eigenvalue weighted by Gasteiger charge is 2.16. The van der Waals surface area contributed by atoms with Gasteiger partial charge in [-0.2, -0.15) is 8.78 Å². The van der Waals surface area contributed by atoms with E-state index in [2.05, 4.69) is 9.72 Å². The van der Waals surface area contributed by atoms with Crippen molar-refractivity contribution in [3.63, 3.8) is 0 Å². The van der Waals surface area contributed by atoms with Crippen LogP contribution in [0.1, 0.15) is 22.3 Å². The number of benzene rings is 1. The number of rotatable bonds is 5. The van der Waals surface area contributed by atoms with Gasteiger partial charge in [-0.3, -0.25) is 4.79 Å². The summed E-state index contributed by atoms with van der Waals surface area (Å²) in [6.07, 6.45) is 0. The van der Waals surface area contributed by atoms with Crippen LogP contribution in [0.3, 0.4) is 0 Å². The molecule has 0 fully saturated rings. The molecule has 2 aromatic rings. The lowest BCUT2D eigenvalue weighted by molar-refractivity contribution is -0.0511. The van der Waals surface area contributed by atoms with Crippen molar-refractivity contribution in [2.75, 3.05) is 7.11 Å².